The highest BCUT2D eigenvalue weighted by molar-refractivity contribution is 5.76. The molecule has 1 rings (SSSR count). The van der Waals surface area contributed by atoms with Crippen LogP contribution in [0.4, 0.5) is 4.79 Å². The fourth-order valence-corrected chi connectivity index (χ4v) is 0.945. The van der Waals surface area contributed by atoms with Crippen molar-refractivity contribution in [3.63, 3.8) is 0 Å². The summed E-state index contributed by atoms with van der Waals surface area (Å²) in [4.78, 5) is 13.9. The second-order valence-corrected chi connectivity index (χ2v) is 2.38. The summed E-state index contributed by atoms with van der Waals surface area (Å²) in [5, 5.41) is 8.91. The van der Waals surface area contributed by atoms with Crippen LogP contribution < -0.4 is 0 Å². The molecule has 0 aromatic carbocycles. The molecule has 1 aliphatic heterocycles. The highest BCUT2D eigenvalue weighted by atomic mass is 16.3. The molecule has 0 aromatic heterocycles. The van der Waals surface area contributed by atoms with Crippen LogP contribution >= 0.6 is 0 Å². The predicted octanol–water partition coefficient (Wildman–Crippen LogP) is -0.494. The minimum absolute atomic E-state index is 0.150. The van der Waals surface area contributed by atoms with Gasteiger partial charge in [-0.15, -0.1) is 0 Å². The van der Waals surface area contributed by atoms with Crippen LogP contribution in [-0.2, 0) is 0 Å². The Bertz CT molecular complexity index is 147. The van der Waals surface area contributed by atoms with Crippen LogP contribution in [0, 0.1) is 6.92 Å². The Labute approximate surface area is 60.0 Å². The van der Waals surface area contributed by atoms with Crippen LogP contribution in [0.3, 0.4) is 0 Å². The fourth-order valence-electron chi connectivity index (χ4n) is 0.945. The van der Waals surface area contributed by atoms with Crippen molar-refractivity contribution in [2.45, 2.75) is 6.23 Å². The van der Waals surface area contributed by atoms with Crippen molar-refractivity contribution in [1.29, 1.82) is 0 Å². The number of hydrogen-bond donors (Lipinski definition) is 1. The largest absolute Gasteiger partial charge is 0.373 e. The van der Waals surface area contributed by atoms with Crippen molar-refractivity contribution < 1.29 is 9.90 Å². The SMILES string of the molecule is [CH2]C(O)N1CCN(C)C1=O. The van der Waals surface area contributed by atoms with Gasteiger partial charge < -0.3 is 10.0 Å². The minimum Gasteiger partial charge on any atom is -0.373 e. The van der Waals surface area contributed by atoms with Gasteiger partial charge >= 0.3 is 6.03 Å². The van der Waals surface area contributed by atoms with E-state index in [1.54, 1.807) is 11.9 Å². The number of aliphatic hydroxyl groups excluding tert-OH is 1. The summed E-state index contributed by atoms with van der Waals surface area (Å²) in [6.45, 7) is 4.58. The van der Waals surface area contributed by atoms with E-state index in [-0.39, 0.29) is 6.03 Å². The number of carbonyl (C=O) groups excluding carboxylic acids is 1. The summed E-state index contributed by atoms with van der Waals surface area (Å²) in [6, 6.07) is -0.150. The highest BCUT2D eigenvalue weighted by Crippen LogP contribution is 2.07. The second-order valence-electron chi connectivity index (χ2n) is 2.38. The maximum atomic E-state index is 11.0. The fraction of sp³-hybridized carbons (Fsp3) is 0.667. The zero-order chi connectivity index (χ0) is 7.72. The van der Waals surface area contributed by atoms with E-state index >= 15 is 0 Å². The van der Waals surface area contributed by atoms with Crippen LogP contribution in [-0.4, -0.2) is 47.3 Å². The lowest BCUT2D eigenvalue weighted by Gasteiger charge is -2.18. The zero-order valence-corrected chi connectivity index (χ0v) is 5.95. The van der Waals surface area contributed by atoms with E-state index in [4.69, 9.17) is 5.11 Å². The smallest absolute Gasteiger partial charge is 0.321 e. The van der Waals surface area contributed by atoms with Gasteiger partial charge in [-0.05, 0) is 6.92 Å². The van der Waals surface area contributed by atoms with Crippen molar-refractivity contribution in [3.05, 3.63) is 6.92 Å². The van der Waals surface area contributed by atoms with E-state index in [0.29, 0.717) is 13.1 Å². The van der Waals surface area contributed by atoms with Crippen molar-refractivity contribution in [2.75, 3.05) is 20.1 Å². The van der Waals surface area contributed by atoms with Crippen LogP contribution in [0.5, 0.6) is 0 Å². The van der Waals surface area contributed by atoms with Gasteiger partial charge in [-0.3, -0.25) is 4.90 Å². The number of carbonyl (C=O) groups is 1. The number of likely N-dealkylation sites (N-methyl/N-ethyl adjacent to an activating group) is 1. The quantitative estimate of drug-likeness (QED) is 0.538. The third-order valence-electron chi connectivity index (χ3n) is 1.61. The Balaban J connectivity index is 2.57. The van der Waals surface area contributed by atoms with Gasteiger partial charge in [0.15, 0.2) is 0 Å². The molecular weight excluding hydrogens is 132 g/mol. The molecule has 0 bridgehead atoms. The molecule has 1 radical (unpaired) electrons. The lowest BCUT2D eigenvalue weighted by atomic mass is 10.5. The minimum atomic E-state index is -0.905. The molecule has 1 heterocycles. The third kappa shape index (κ3) is 1.07. The van der Waals surface area contributed by atoms with E-state index in [9.17, 15) is 4.79 Å². The molecule has 57 valence electrons. The Morgan fingerprint density at radius 1 is 1.70 bits per heavy atom. The molecule has 1 atom stereocenters. The molecule has 1 N–H and O–H groups in total. The molecule has 0 saturated carbocycles. The van der Waals surface area contributed by atoms with Gasteiger partial charge in [-0.25, -0.2) is 4.79 Å². The highest BCUT2D eigenvalue weighted by Gasteiger charge is 2.27. The van der Waals surface area contributed by atoms with Crippen molar-refractivity contribution >= 4 is 6.03 Å². The average molecular weight is 143 g/mol. The summed E-state index contributed by atoms with van der Waals surface area (Å²) in [5.41, 5.74) is 0. The first-order valence-corrected chi connectivity index (χ1v) is 3.16. The van der Waals surface area contributed by atoms with Crippen LogP contribution in [0.15, 0.2) is 0 Å². The normalized spacial score (nSPS) is 22.1. The molecule has 1 unspecified atom stereocenters. The topological polar surface area (TPSA) is 43.8 Å². The van der Waals surface area contributed by atoms with E-state index in [2.05, 4.69) is 6.92 Å². The van der Waals surface area contributed by atoms with Gasteiger partial charge in [0.05, 0.1) is 0 Å². The first-order valence-electron chi connectivity index (χ1n) is 3.16. The number of rotatable bonds is 1. The molecule has 4 heteroatoms. The van der Waals surface area contributed by atoms with Gasteiger partial charge in [0, 0.05) is 20.1 Å². The molecule has 0 aromatic rings. The Kier molecular flexibility index (Phi) is 1.80. The van der Waals surface area contributed by atoms with Crippen LogP contribution in [0.25, 0.3) is 0 Å². The molecule has 1 fully saturated rings. The van der Waals surface area contributed by atoms with Crippen LogP contribution in [0.2, 0.25) is 0 Å². The first kappa shape index (κ1) is 7.34. The van der Waals surface area contributed by atoms with Crippen molar-refractivity contribution in [2.24, 2.45) is 0 Å². The molecular formula is C6H11N2O2. The third-order valence-corrected chi connectivity index (χ3v) is 1.61. The molecule has 10 heavy (non-hydrogen) atoms. The summed E-state index contributed by atoms with van der Waals surface area (Å²) in [7, 11) is 1.70. The van der Waals surface area contributed by atoms with E-state index in [0.717, 1.165) is 0 Å². The first-order chi connectivity index (χ1) is 4.63. The summed E-state index contributed by atoms with van der Waals surface area (Å²) in [5.74, 6) is 0. The van der Waals surface area contributed by atoms with E-state index in [1.807, 2.05) is 0 Å². The van der Waals surface area contributed by atoms with Gasteiger partial charge in [-0.1, -0.05) is 0 Å². The van der Waals surface area contributed by atoms with Crippen LogP contribution in [0.1, 0.15) is 0 Å². The Morgan fingerprint density at radius 2 is 2.30 bits per heavy atom. The molecule has 1 saturated heterocycles. The molecule has 1 aliphatic rings. The number of urea groups is 1. The zero-order valence-electron chi connectivity index (χ0n) is 5.95. The summed E-state index contributed by atoms with van der Waals surface area (Å²) in [6.07, 6.45) is -0.905. The lowest BCUT2D eigenvalue weighted by Crippen LogP contribution is -2.36. The van der Waals surface area contributed by atoms with Gasteiger partial charge in [-0.2, -0.15) is 0 Å². The number of aliphatic hydroxyl groups is 1. The monoisotopic (exact) mass is 143 g/mol. The summed E-state index contributed by atoms with van der Waals surface area (Å²) >= 11 is 0. The number of hydrogen-bond acceptors (Lipinski definition) is 2. The number of nitrogens with zero attached hydrogens (tertiary/aromatic N) is 2. The maximum Gasteiger partial charge on any atom is 0.321 e. The van der Waals surface area contributed by atoms with Gasteiger partial charge in [0.25, 0.3) is 0 Å². The molecule has 0 spiro atoms. The Hall–Kier alpha value is -0.770. The molecule has 2 amide bonds. The van der Waals surface area contributed by atoms with E-state index in [1.165, 1.54) is 4.90 Å². The molecule has 4 nitrogen and oxygen atoms in total. The second kappa shape index (κ2) is 2.46. The van der Waals surface area contributed by atoms with E-state index < -0.39 is 6.23 Å². The lowest BCUT2D eigenvalue weighted by molar-refractivity contribution is 0.0777. The standard InChI is InChI=1S/C6H11N2O2/c1-5(9)8-4-3-7(2)6(8)10/h5,9H,1,3-4H2,2H3. The van der Waals surface area contributed by atoms with Gasteiger partial charge in [0.2, 0.25) is 0 Å². The number of amides is 2. The predicted molar refractivity (Wildman–Crippen MR) is 36.1 cm³/mol. The van der Waals surface area contributed by atoms with Crippen molar-refractivity contribution in [3.8, 4) is 0 Å². The molecule has 0 aliphatic carbocycles. The Morgan fingerprint density at radius 3 is 2.50 bits per heavy atom. The van der Waals surface area contributed by atoms with Crippen molar-refractivity contribution in [1.82, 2.24) is 9.80 Å². The summed E-state index contributed by atoms with van der Waals surface area (Å²) < 4.78 is 0. The van der Waals surface area contributed by atoms with Gasteiger partial charge in [0.1, 0.15) is 6.23 Å². The maximum absolute atomic E-state index is 11.0. The average Bonchev–Trinajstić information content (AvgIpc) is 2.14.